The fraction of sp³-hybridized carbons (Fsp3) is 0.938. The lowest BCUT2D eigenvalue weighted by atomic mass is 9.69. The maximum atomic E-state index is 12.2. The van der Waals surface area contributed by atoms with Crippen molar-refractivity contribution < 1.29 is 9.53 Å². The van der Waals surface area contributed by atoms with Crippen molar-refractivity contribution in [1.82, 2.24) is 0 Å². The van der Waals surface area contributed by atoms with Gasteiger partial charge in [0, 0.05) is 0 Å². The number of carbonyl (C=O) groups is 1. The lowest BCUT2D eigenvalue weighted by Crippen LogP contribution is -2.36. The Balaban J connectivity index is 2.64. The molecule has 2 nitrogen and oxygen atoms in total. The smallest absolute Gasteiger partial charge is 0.309 e. The minimum absolute atomic E-state index is 0.0246. The predicted molar refractivity (Wildman–Crippen MR) is 75.3 cm³/mol. The van der Waals surface area contributed by atoms with E-state index in [0.717, 1.165) is 24.7 Å². The van der Waals surface area contributed by atoms with E-state index in [9.17, 15) is 4.79 Å². The molecule has 0 aromatic carbocycles. The lowest BCUT2D eigenvalue weighted by molar-refractivity contribution is -0.164. The van der Waals surface area contributed by atoms with E-state index in [4.69, 9.17) is 4.74 Å². The maximum absolute atomic E-state index is 12.2. The molecular formula is C16H30O2. The third kappa shape index (κ3) is 4.29. The van der Waals surface area contributed by atoms with Crippen molar-refractivity contribution in [3.63, 3.8) is 0 Å². The van der Waals surface area contributed by atoms with Crippen LogP contribution < -0.4 is 0 Å². The van der Waals surface area contributed by atoms with Crippen molar-refractivity contribution in [2.75, 3.05) is 0 Å². The third-order valence-electron chi connectivity index (χ3n) is 4.20. The van der Waals surface area contributed by atoms with Gasteiger partial charge in [-0.2, -0.15) is 0 Å². The molecule has 0 saturated heterocycles. The van der Waals surface area contributed by atoms with Gasteiger partial charge in [-0.15, -0.1) is 0 Å². The minimum Gasteiger partial charge on any atom is -0.460 e. The number of ether oxygens (including phenoxy) is 1. The van der Waals surface area contributed by atoms with Gasteiger partial charge in [-0.3, -0.25) is 4.79 Å². The Morgan fingerprint density at radius 3 is 2.33 bits per heavy atom. The number of rotatable bonds is 3. The molecule has 0 aromatic rings. The molecule has 0 spiro atoms. The van der Waals surface area contributed by atoms with Crippen molar-refractivity contribution >= 4 is 5.97 Å². The summed E-state index contributed by atoms with van der Waals surface area (Å²) in [7, 11) is 0. The zero-order valence-corrected chi connectivity index (χ0v) is 13.0. The van der Waals surface area contributed by atoms with E-state index >= 15 is 0 Å². The number of esters is 1. The first-order chi connectivity index (χ1) is 8.24. The predicted octanol–water partition coefficient (Wildman–Crippen LogP) is 4.43. The fourth-order valence-corrected chi connectivity index (χ4v) is 3.04. The molecule has 1 saturated carbocycles. The summed E-state index contributed by atoms with van der Waals surface area (Å²) in [6.45, 7) is 12.6. The van der Waals surface area contributed by atoms with Crippen LogP contribution in [-0.4, -0.2) is 11.6 Å². The fourth-order valence-electron chi connectivity index (χ4n) is 3.04. The van der Waals surface area contributed by atoms with Crippen LogP contribution in [0, 0.1) is 23.7 Å². The third-order valence-corrected chi connectivity index (χ3v) is 4.20. The molecule has 106 valence electrons. The van der Waals surface area contributed by atoms with Gasteiger partial charge in [0.1, 0.15) is 5.60 Å². The Labute approximate surface area is 112 Å². The van der Waals surface area contributed by atoms with E-state index in [1.54, 1.807) is 0 Å². The standard InChI is InChI=1S/C16H30O2/c1-7-12-10-13(11(2)3)8-9-14(12)15(17)18-16(4,5)6/h11-14H,7-10H2,1-6H3. The molecule has 0 aromatic heterocycles. The van der Waals surface area contributed by atoms with Crippen LogP contribution in [0.25, 0.3) is 0 Å². The number of carbonyl (C=O) groups excluding carboxylic acids is 1. The van der Waals surface area contributed by atoms with E-state index in [0.29, 0.717) is 5.92 Å². The first-order valence-corrected chi connectivity index (χ1v) is 7.47. The van der Waals surface area contributed by atoms with Crippen molar-refractivity contribution in [1.29, 1.82) is 0 Å². The second-order valence-electron chi connectivity index (χ2n) is 7.13. The van der Waals surface area contributed by atoms with Gasteiger partial charge in [0.25, 0.3) is 0 Å². The SMILES string of the molecule is CCC1CC(C(C)C)CCC1C(=O)OC(C)(C)C. The van der Waals surface area contributed by atoms with Gasteiger partial charge in [-0.25, -0.2) is 0 Å². The van der Waals surface area contributed by atoms with Gasteiger partial charge in [-0.05, 0) is 57.8 Å². The van der Waals surface area contributed by atoms with Gasteiger partial charge in [0.2, 0.25) is 0 Å². The van der Waals surface area contributed by atoms with Crippen LogP contribution in [0.3, 0.4) is 0 Å². The summed E-state index contributed by atoms with van der Waals surface area (Å²) in [5, 5.41) is 0. The normalized spacial score (nSPS) is 29.4. The van der Waals surface area contributed by atoms with Crippen LogP contribution in [0.5, 0.6) is 0 Å². The second kappa shape index (κ2) is 6.08. The van der Waals surface area contributed by atoms with Crippen LogP contribution in [0.1, 0.15) is 67.2 Å². The highest BCUT2D eigenvalue weighted by atomic mass is 16.6. The molecule has 18 heavy (non-hydrogen) atoms. The van der Waals surface area contributed by atoms with E-state index in [-0.39, 0.29) is 17.5 Å². The van der Waals surface area contributed by atoms with Crippen LogP contribution in [0.15, 0.2) is 0 Å². The summed E-state index contributed by atoms with van der Waals surface area (Å²) in [6.07, 6.45) is 4.47. The van der Waals surface area contributed by atoms with Crippen LogP contribution in [0.2, 0.25) is 0 Å². The van der Waals surface area contributed by atoms with Crippen LogP contribution in [-0.2, 0) is 9.53 Å². The Morgan fingerprint density at radius 2 is 1.89 bits per heavy atom. The second-order valence-corrected chi connectivity index (χ2v) is 7.13. The van der Waals surface area contributed by atoms with Gasteiger partial charge < -0.3 is 4.74 Å². The molecule has 0 aliphatic heterocycles. The highest BCUT2D eigenvalue weighted by Crippen LogP contribution is 2.40. The summed E-state index contributed by atoms with van der Waals surface area (Å²) in [6, 6.07) is 0. The van der Waals surface area contributed by atoms with E-state index in [2.05, 4.69) is 20.8 Å². The average Bonchev–Trinajstić information content (AvgIpc) is 2.25. The molecule has 0 N–H and O–H groups in total. The Hall–Kier alpha value is -0.530. The van der Waals surface area contributed by atoms with Gasteiger partial charge in [0.05, 0.1) is 5.92 Å². The summed E-state index contributed by atoms with van der Waals surface area (Å²) in [4.78, 5) is 12.2. The van der Waals surface area contributed by atoms with Crippen molar-refractivity contribution in [3.05, 3.63) is 0 Å². The number of hydrogen-bond acceptors (Lipinski definition) is 2. The Morgan fingerprint density at radius 1 is 1.28 bits per heavy atom. The molecule has 0 heterocycles. The monoisotopic (exact) mass is 254 g/mol. The highest BCUT2D eigenvalue weighted by molar-refractivity contribution is 5.73. The zero-order valence-electron chi connectivity index (χ0n) is 13.0. The lowest BCUT2D eigenvalue weighted by Gasteiger charge is -2.37. The Bertz CT molecular complexity index is 275. The van der Waals surface area contributed by atoms with Gasteiger partial charge >= 0.3 is 5.97 Å². The number of hydrogen-bond donors (Lipinski definition) is 0. The van der Waals surface area contributed by atoms with E-state index in [1.807, 2.05) is 20.8 Å². The Kier molecular flexibility index (Phi) is 5.24. The van der Waals surface area contributed by atoms with Gasteiger partial charge in [-0.1, -0.05) is 27.2 Å². The van der Waals surface area contributed by atoms with Crippen molar-refractivity contribution in [2.24, 2.45) is 23.7 Å². The molecule has 1 aliphatic carbocycles. The summed E-state index contributed by atoms with van der Waals surface area (Å²) < 4.78 is 5.57. The maximum Gasteiger partial charge on any atom is 0.309 e. The molecule has 0 radical (unpaired) electrons. The molecule has 0 amide bonds. The summed E-state index contributed by atoms with van der Waals surface area (Å²) >= 11 is 0. The van der Waals surface area contributed by atoms with Crippen molar-refractivity contribution in [2.45, 2.75) is 72.8 Å². The zero-order chi connectivity index (χ0) is 13.9. The molecule has 1 aliphatic rings. The van der Waals surface area contributed by atoms with Crippen LogP contribution >= 0.6 is 0 Å². The highest BCUT2D eigenvalue weighted by Gasteiger charge is 2.37. The first kappa shape index (κ1) is 15.5. The largest absolute Gasteiger partial charge is 0.460 e. The van der Waals surface area contributed by atoms with E-state index < -0.39 is 0 Å². The van der Waals surface area contributed by atoms with E-state index in [1.165, 1.54) is 12.8 Å². The van der Waals surface area contributed by atoms with Crippen molar-refractivity contribution in [3.8, 4) is 0 Å². The summed E-state index contributed by atoms with van der Waals surface area (Å²) in [5.74, 6) is 2.19. The molecule has 1 fully saturated rings. The molecular weight excluding hydrogens is 224 g/mol. The minimum atomic E-state index is -0.357. The quantitative estimate of drug-likeness (QED) is 0.697. The first-order valence-electron chi connectivity index (χ1n) is 7.47. The topological polar surface area (TPSA) is 26.3 Å². The molecule has 0 bridgehead atoms. The molecule has 1 rings (SSSR count). The van der Waals surface area contributed by atoms with Crippen LogP contribution in [0.4, 0.5) is 0 Å². The molecule has 3 unspecified atom stereocenters. The summed E-state index contributed by atoms with van der Waals surface area (Å²) in [5.41, 5.74) is -0.357. The average molecular weight is 254 g/mol. The van der Waals surface area contributed by atoms with Gasteiger partial charge in [0.15, 0.2) is 0 Å². The molecule has 3 atom stereocenters. The molecule has 2 heteroatoms.